The molecule has 5 heteroatoms. The zero-order valence-electron chi connectivity index (χ0n) is 9.99. The molecule has 0 rings (SSSR count). The molecule has 15 heavy (non-hydrogen) atoms. The van der Waals surface area contributed by atoms with Gasteiger partial charge in [-0.25, -0.2) is 0 Å². The number of esters is 1. The second-order valence-electron chi connectivity index (χ2n) is 3.97. The largest absolute Gasteiger partial charge is 0.468 e. The Labute approximate surface area is 90.3 Å². The number of nitrogens with zero attached hydrogens (tertiary/aromatic N) is 1. The van der Waals surface area contributed by atoms with Crippen LogP contribution in [0.4, 0.5) is 0 Å². The summed E-state index contributed by atoms with van der Waals surface area (Å²) in [6.07, 6.45) is 0.233. The van der Waals surface area contributed by atoms with Gasteiger partial charge in [-0.1, -0.05) is 0 Å². The van der Waals surface area contributed by atoms with E-state index < -0.39 is 11.6 Å². The number of amides is 1. The van der Waals surface area contributed by atoms with Gasteiger partial charge in [-0.2, -0.15) is 0 Å². The van der Waals surface area contributed by atoms with E-state index in [0.29, 0.717) is 0 Å². The molecule has 0 fully saturated rings. The molecule has 0 bridgehead atoms. The van der Waals surface area contributed by atoms with Crippen LogP contribution in [0.3, 0.4) is 0 Å². The Morgan fingerprint density at radius 2 is 1.80 bits per heavy atom. The standard InChI is InChI=1S/C10H19NO4/c1-10(2,15-5)6-8(12)11(3)7-9(13)14-4/h6-7H2,1-5H3. The minimum Gasteiger partial charge on any atom is -0.468 e. The first-order valence-corrected chi connectivity index (χ1v) is 4.68. The van der Waals surface area contributed by atoms with Gasteiger partial charge in [-0.05, 0) is 13.8 Å². The summed E-state index contributed by atoms with van der Waals surface area (Å²) in [5, 5.41) is 0. The fourth-order valence-electron chi connectivity index (χ4n) is 0.918. The van der Waals surface area contributed by atoms with Gasteiger partial charge in [0.25, 0.3) is 0 Å². The van der Waals surface area contributed by atoms with E-state index in [4.69, 9.17) is 4.74 Å². The summed E-state index contributed by atoms with van der Waals surface area (Å²) in [6, 6.07) is 0. The molecule has 0 saturated carbocycles. The van der Waals surface area contributed by atoms with Crippen molar-refractivity contribution in [3.63, 3.8) is 0 Å². The van der Waals surface area contributed by atoms with Crippen LogP contribution in [0.5, 0.6) is 0 Å². The number of ether oxygens (including phenoxy) is 2. The highest BCUT2D eigenvalue weighted by Crippen LogP contribution is 2.13. The van der Waals surface area contributed by atoms with Crippen LogP contribution >= 0.6 is 0 Å². The van der Waals surface area contributed by atoms with Gasteiger partial charge in [0.05, 0.1) is 19.1 Å². The lowest BCUT2D eigenvalue weighted by Gasteiger charge is -2.25. The molecular formula is C10H19NO4. The molecular weight excluding hydrogens is 198 g/mol. The second kappa shape index (κ2) is 5.70. The SMILES string of the molecule is COC(=O)CN(C)C(=O)CC(C)(C)OC. The lowest BCUT2D eigenvalue weighted by Crippen LogP contribution is -2.38. The molecule has 0 heterocycles. The van der Waals surface area contributed by atoms with E-state index >= 15 is 0 Å². The maximum atomic E-state index is 11.6. The summed E-state index contributed by atoms with van der Waals surface area (Å²) in [5.41, 5.74) is -0.512. The molecule has 0 aliphatic rings. The minimum atomic E-state index is -0.512. The quantitative estimate of drug-likeness (QED) is 0.627. The van der Waals surface area contributed by atoms with Crippen LogP contribution in [0.15, 0.2) is 0 Å². The Morgan fingerprint density at radius 1 is 1.27 bits per heavy atom. The third kappa shape index (κ3) is 5.37. The lowest BCUT2D eigenvalue weighted by atomic mass is 10.0. The molecule has 88 valence electrons. The van der Waals surface area contributed by atoms with Crippen LogP contribution in [-0.4, -0.2) is 50.2 Å². The molecule has 0 aliphatic carbocycles. The number of rotatable bonds is 5. The van der Waals surface area contributed by atoms with Crippen LogP contribution < -0.4 is 0 Å². The number of carbonyl (C=O) groups excluding carboxylic acids is 2. The summed E-state index contributed by atoms with van der Waals surface area (Å²) in [4.78, 5) is 23.8. The predicted molar refractivity (Wildman–Crippen MR) is 55.4 cm³/mol. The van der Waals surface area contributed by atoms with Gasteiger partial charge in [0.15, 0.2) is 0 Å². The van der Waals surface area contributed by atoms with E-state index in [1.165, 1.54) is 12.0 Å². The molecule has 5 nitrogen and oxygen atoms in total. The first-order chi connectivity index (χ1) is 6.82. The minimum absolute atomic E-state index is 0.0326. The van der Waals surface area contributed by atoms with Crippen LogP contribution in [0.25, 0.3) is 0 Å². The van der Waals surface area contributed by atoms with Crippen LogP contribution in [0.2, 0.25) is 0 Å². The topological polar surface area (TPSA) is 55.8 Å². The summed E-state index contributed by atoms with van der Waals surface area (Å²) in [6.45, 7) is 3.60. The van der Waals surface area contributed by atoms with Crippen molar-refractivity contribution in [1.82, 2.24) is 4.90 Å². The number of hydrogen-bond acceptors (Lipinski definition) is 4. The summed E-state index contributed by atoms with van der Waals surface area (Å²) in [5.74, 6) is -0.576. The second-order valence-corrected chi connectivity index (χ2v) is 3.97. The molecule has 0 aromatic rings. The molecule has 1 amide bonds. The zero-order valence-corrected chi connectivity index (χ0v) is 9.99. The summed E-state index contributed by atoms with van der Waals surface area (Å²) >= 11 is 0. The molecule has 0 spiro atoms. The highest BCUT2D eigenvalue weighted by atomic mass is 16.5. The average Bonchev–Trinajstić information content (AvgIpc) is 2.16. The highest BCUT2D eigenvalue weighted by molar-refractivity contribution is 5.82. The Kier molecular flexibility index (Phi) is 5.28. The Morgan fingerprint density at radius 3 is 2.20 bits per heavy atom. The number of hydrogen-bond donors (Lipinski definition) is 0. The van der Waals surface area contributed by atoms with Crippen LogP contribution in [0, 0.1) is 0 Å². The van der Waals surface area contributed by atoms with Crippen molar-refractivity contribution in [3.05, 3.63) is 0 Å². The van der Waals surface area contributed by atoms with Crippen molar-refractivity contribution in [2.75, 3.05) is 27.8 Å². The predicted octanol–water partition coefficient (Wildman–Crippen LogP) is 0.433. The maximum Gasteiger partial charge on any atom is 0.325 e. The number of carbonyl (C=O) groups is 2. The van der Waals surface area contributed by atoms with Crippen molar-refractivity contribution in [1.29, 1.82) is 0 Å². The fraction of sp³-hybridized carbons (Fsp3) is 0.800. The average molecular weight is 217 g/mol. The molecule has 0 aliphatic heterocycles. The van der Waals surface area contributed by atoms with Crippen LogP contribution in [-0.2, 0) is 19.1 Å². The summed E-state index contributed by atoms with van der Waals surface area (Å²) in [7, 11) is 4.40. The van der Waals surface area contributed by atoms with E-state index in [1.54, 1.807) is 14.2 Å². The van der Waals surface area contributed by atoms with Gasteiger partial charge in [-0.3, -0.25) is 9.59 Å². The molecule has 0 atom stereocenters. The first kappa shape index (κ1) is 13.9. The smallest absolute Gasteiger partial charge is 0.325 e. The molecule has 0 aromatic heterocycles. The van der Waals surface area contributed by atoms with Crippen molar-refractivity contribution >= 4 is 11.9 Å². The van der Waals surface area contributed by atoms with Gasteiger partial charge in [0, 0.05) is 14.2 Å². The fourth-order valence-corrected chi connectivity index (χ4v) is 0.918. The molecule has 0 N–H and O–H groups in total. The van der Waals surface area contributed by atoms with Crippen molar-refractivity contribution in [2.45, 2.75) is 25.9 Å². The van der Waals surface area contributed by atoms with E-state index in [2.05, 4.69) is 4.74 Å². The maximum absolute atomic E-state index is 11.6. The van der Waals surface area contributed by atoms with Gasteiger partial charge in [-0.15, -0.1) is 0 Å². The van der Waals surface area contributed by atoms with Gasteiger partial charge < -0.3 is 14.4 Å². The molecule has 0 unspecified atom stereocenters. The van der Waals surface area contributed by atoms with E-state index in [-0.39, 0.29) is 18.9 Å². The Balaban J connectivity index is 4.16. The van der Waals surface area contributed by atoms with E-state index in [0.717, 1.165) is 0 Å². The molecule has 0 aromatic carbocycles. The highest BCUT2D eigenvalue weighted by Gasteiger charge is 2.24. The number of methoxy groups -OCH3 is 2. The van der Waals surface area contributed by atoms with E-state index in [1.807, 2.05) is 13.8 Å². The van der Waals surface area contributed by atoms with Crippen molar-refractivity contribution in [3.8, 4) is 0 Å². The first-order valence-electron chi connectivity index (χ1n) is 4.68. The van der Waals surface area contributed by atoms with Gasteiger partial charge in [0.1, 0.15) is 6.54 Å². The van der Waals surface area contributed by atoms with Crippen molar-refractivity contribution < 1.29 is 19.1 Å². The van der Waals surface area contributed by atoms with Gasteiger partial charge >= 0.3 is 5.97 Å². The zero-order chi connectivity index (χ0) is 12.1. The van der Waals surface area contributed by atoms with E-state index in [9.17, 15) is 9.59 Å². The lowest BCUT2D eigenvalue weighted by molar-refractivity contribution is -0.147. The third-order valence-corrected chi connectivity index (χ3v) is 2.15. The van der Waals surface area contributed by atoms with Gasteiger partial charge in [0.2, 0.25) is 5.91 Å². The summed E-state index contributed by atoms with van der Waals surface area (Å²) < 4.78 is 9.59. The number of likely N-dealkylation sites (N-methyl/N-ethyl adjacent to an activating group) is 1. The molecule has 0 radical (unpaired) electrons. The monoisotopic (exact) mass is 217 g/mol. The third-order valence-electron chi connectivity index (χ3n) is 2.15. The van der Waals surface area contributed by atoms with Crippen LogP contribution in [0.1, 0.15) is 20.3 Å². The Hall–Kier alpha value is -1.10. The van der Waals surface area contributed by atoms with Crippen molar-refractivity contribution in [2.24, 2.45) is 0 Å². The Bertz CT molecular complexity index is 238. The normalized spacial score (nSPS) is 11.0. The molecule has 0 saturated heterocycles.